The van der Waals surface area contributed by atoms with E-state index in [9.17, 15) is 13.2 Å². The van der Waals surface area contributed by atoms with Crippen LogP contribution >= 0.6 is 0 Å². The first-order valence-corrected chi connectivity index (χ1v) is 10.5. The molecule has 2 aromatic carbocycles. The number of aromatic nitrogens is 3. The van der Waals surface area contributed by atoms with Gasteiger partial charge in [-0.25, -0.2) is 14.8 Å². The molecule has 0 fully saturated rings. The number of imidazole rings is 1. The summed E-state index contributed by atoms with van der Waals surface area (Å²) in [5.41, 5.74) is 10.1. The topological polar surface area (TPSA) is 115 Å². The summed E-state index contributed by atoms with van der Waals surface area (Å²) in [7, 11) is 0. The molecule has 0 radical (unpaired) electrons. The zero-order valence-electron chi connectivity index (χ0n) is 18.0. The second-order valence-electron chi connectivity index (χ2n) is 7.66. The van der Waals surface area contributed by atoms with Crippen molar-refractivity contribution in [2.75, 3.05) is 12.3 Å². The summed E-state index contributed by atoms with van der Waals surface area (Å²) in [6.45, 7) is 3.22. The summed E-state index contributed by atoms with van der Waals surface area (Å²) >= 11 is 0. The molecule has 0 atom stereocenters. The van der Waals surface area contributed by atoms with Crippen LogP contribution in [-0.4, -0.2) is 38.3 Å². The number of carboxylic acids is 1. The summed E-state index contributed by atoms with van der Waals surface area (Å²) in [5.74, 6) is -0.478. The molecule has 5 rings (SSSR count). The number of alkyl halides is 3. The van der Waals surface area contributed by atoms with Crippen LogP contribution in [0.4, 0.5) is 19.0 Å². The predicted molar refractivity (Wildman–Crippen MR) is 120 cm³/mol. The van der Waals surface area contributed by atoms with Gasteiger partial charge < -0.3 is 25.5 Å². The van der Waals surface area contributed by atoms with Crippen molar-refractivity contribution >= 4 is 33.7 Å². The van der Waals surface area contributed by atoms with Gasteiger partial charge in [0.15, 0.2) is 5.82 Å². The fraction of sp³-hybridized carbons (Fsp3) is 0.261. The Bertz CT molecular complexity index is 1320. The average molecular weight is 473 g/mol. The molecule has 8 nitrogen and oxygen atoms in total. The van der Waals surface area contributed by atoms with Crippen LogP contribution in [0.1, 0.15) is 17.8 Å². The standard InChI is InChI=1S/C21H21N5O.C2HF3O2/c22-21-19-20(26-10-4-9-23-12-18(26)25-19)16-8-7-15(11-17(16)24-21)27-13-14-5-2-1-3-6-14;3-2(4,5)1(6)7/h1-3,5-8,11,23H,4,9-10,12-13H2,(H2,22,24);(H,6,7). The van der Waals surface area contributed by atoms with Crippen molar-refractivity contribution in [3.63, 3.8) is 0 Å². The molecule has 0 saturated heterocycles. The first-order chi connectivity index (χ1) is 16.2. The molecular formula is C23H22F3N5O3. The predicted octanol–water partition coefficient (Wildman–Crippen LogP) is 3.87. The molecule has 1 aliphatic heterocycles. The molecule has 0 amide bonds. The summed E-state index contributed by atoms with van der Waals surface area (Å²) in [6, 6.07) is 16.2. The van der Waals surface area contributed by atoms with E-state index in [4.69, 9.17) is 25.4 Å². The van der Waals surface area contributed by atoms with E-state index in [0.29, 0.717) is 12.4 Å². The maximum absolute atomic E-state index is 10.6. The van der Waals surface area contributed by atoms with E-state index in [0.717, 1.165) is 65.1 Å². The Labute approximate surface area is 192 Å². The number of hydrogen-bond donors (Lipinski definition) is 3. The average Bonchev–Trinajstić information content (AvgIpc) is 3.01. The largest absolute Gasteiger partial charge is 0.490 e. The van der Waals surface area contributed by atoms with Crippen molar-refractivity contribution in [2.45, 2.75) is 32.3 Å². The fourth-order valence-corrected chi connectivity index (χ4v) is 3.71. The maximum Gasteiger partial charge on any atom is 0.490 e. The Hall–Kier alpha value is -3.86. The second kappa shape index (κ2) is 9.56. The highest BCUT2D eigenvalue weighted by molar-refractivity contribution is 6.06. The molecule has 0 spiro atoms. The second-order valence-corrected chi connectivity index (χ2v) is 7.66. The molecular weight excluding hydrogens is 451 g/mol. The molecule has 4 aromatic rings. The molecule has 0 unspecified atom stereocenters. The van der Waals surface area contributed by atoms with Crippen molar-refractivity contribution in [3.8, 4) is 5.75 Å². The molecule has 34 heavy (non-hydrogen) atoms. The van der Waals surface area contributed by atoms with Gasteiger partial charge in [-0.2, -0.15) is 13.2 Å². The van der Waals surface area contributed by atoms with Crippen molar-refractivity contribution in [1.29, 1.82) is 0 Å². The molecule has 178 valence electrons. The van der Waals surface area contributed by atoms with Crippen LogP contribution in [0, 0.1) is 0 Å². The van der Waals surface area contributed by atoms with Gasteiger partial charge in [0.05, 0.1) is 17.6 Å². The number of ether oxygens (including phenoxy) is 1. The van der Waals surface area contributed by atoms with Gasteiger partial charge in [-0.15, -0.1) is 0 Å². The van der Waals surface area contributed by atoms with E-state index in [1.165, 1.54) is 0 Å². The van der Waals surface area contributed by atoms with Crippen LogP contribution in [0.2, 0.25) is 0 Å². The van der Waals surface area contributed by atoms with Crippen molar-refractivity contribution in [1.82, 2.24) is 19.9 Å². The van der Waals surface area contributed by atoms with E-state index in [1.807, 2.05) is 30.3 Å². The smallest absolute Gasteiger partial charge is 0.489 e. The number of pyridine rings is 1. The summed E-state index contributed by atoms with van der Waals surface area (Å²) in [4.78, 5) is 18.2. The molecule has 0 aliphatic carbocycles. The Morgan fingerprint density at radius 3 is 2.62 bits per heavy atom. The molecule has 1 aliphatic rings. The molecule has 0 bridgehead atoms. The number of rotatable bonds is 3. The number of benzene rings is 2. The Morgan fingerprint density at radius 1 is 1.18 bits per heavy atom. The lowest BCUT2D eigenvalue weighted by atomic mass is 10.1. The Kier molecular flexibility index (Phi) is 6.55. The van der Waals surface area contributed by atoms with E-state index in [2.05, 4.69) is 33.1 Å². The number of fused-ring (bicyclic) bond motifs is 5. The number of carboxylic acid groups (broad SMARTS) is 1. The molecule has 4 N–H and O–H groups in total. The maximum atomic E-state index is 10.6. The number of carbonyl (C=O) groups is 1. The highest BCUT2D eigenvalue weighted by Crippen LogP contribution is 2.31. The van der Waals surface area contributed by atoms with Gasteiger partial charge in [-0.05, 0) is 30.7 Å². The van der Waals surface area contributed by atoms with Gasteiger partial charge in [0.2, 0.25) is 0 Å². The van der Waals surface area contributed by atoms with Gasteiger partial charge in [-0.3, -0.25) is 0 Å². The van der Waals surface area contributed by atoms with Crippen molar-refractivity contribution in [2.24, 2.45) is 0 Å². The minimum Gasteiger partial charge on any atom is -0.489 e. The molecule has 11 heteroatoms. The quantitative estimate of drug-likeness (QED) is 0.414. The SMILES string of the molecule is Nc1nc2cc(OCc3ccccc3)ccc2c2c1nc1n2CCCNC1.O=C(O)C(F)(F)F. The summed E-state index contributed by atoms with van der Waals surface area (Å²) in [6.07, 6.45) is -4.01. The third-order valence-corrected chi connectivity index (χ3v) is 5.26. The van der Waals surface area contributed by atoms with Gasteiger partial charge in [0.25, 0.3) is 0 Å². The highest BCUT2D eigenvalue weighted by atomic mass is 19.4. The van der Waals surface area contributed by atoms with Crippen LogP contribution in [0.3, 0.4) is 0 Å². The van der Waals surface area contributed by atoms with Gasteiger partial charge in [0, 0.05) is 18.0 Å². The van der Waals surface area contributed by atoms with E-state index >= 15 is 0 Å². The lowest BCUT2D eigenvalue weighted by molar-refractivity contribution is -0.192. The highest BCUT2D eigenvalue weighted by Gasteiger charge is 2.38. The number of nitrogen functional groups attached to an aromatic ring is 1. The number of nitrogens with one attached hydrogen (secondary N) is 1. The van der Waals surface area contributed by atoms with Crippen LogP contribution in [0.15, 0.2) is 48.5 Å². The van der Waals surface area contributed by atoms with E-state index in [-0.39, 0.29) is 0 Å². The van der Waals surface area contributed by atoms with Crippen molar-refractivity contribution in [3.05, 3.63) is 59.9 Å². The summed E-state index contributed by atoms with van der Waals surface area (Å²) in [5, 5.41) is 11.6. The first-order valence-electron chi connectivity index (χ1n) is 10.5. The third-order valence-electron chi connectivity index (χ3n) is 5.26. The van der Waals surface area contributed by atoms with E-state index < -0.39 is 12.1 Å². The van der Waals surface area contributed by atoms with Crippen LogP contribution in [-0.2, 0) is 24.5 Å². The number of aliphatic carboxylic acids is 1. The van der Waals surface area contributed by atoms with Crippen LogP contribution in [0.5, 0.6) is 5.75 Å². The summed E-state index contributed by atoms with van der Waals surface area (Å²) < 4.78 is 40.0. The van der Waals surface area contributed by atoms with Crippen molar-refractivity contribution < 1.29 is 27.8 Å². The lowest BCUT2D eigenvalue weighted by Gasteiger charge is -2.10. The lowest BCUT2D eigenvalue weighted by Crippen LogP contribution is -2.21. The van der Waals surface area contributed by atoms with Gasteiger partial charge >= 0.3 is 12.1 Å². The molecule has 0 saturated carbocycles. The molecule has 3 heterocycles. The van der Waals surface area contributed by atoms with Crippen LogP contribution < -0.4 is 15.8 Å². The number of hydrogen-bond acceptors (Lipinski definition) is 6. The first kappa shape index (κ1) is 23.3. The number of anilines is 1. The zero-order valence-corrected chi connectivity index (χ0v) is 18.0. The monoisotopic (exact) mass is 473 g/mol. The van der Waals surface area contributed by atoms with Gasteiger partial charge in [0.1, 0.15) is 23.7 Å². The van der Waals surface area contributed by atoms with Crippen LogP contribution in [0.25, 0.3) is 21.9 Å². The number of nitrogens with zero attached hydrogens (tertiary/aromatic N) is 3. The number of aryl methyl sites for hydroxylation is 1. The fourth-order valence-electron chi connectivity index (χ4n) is 3.71. The normalized spacial score (nSPS) is 13.6. The zero-order chi connectivity index (χ0) is 24.3. The Morgan fingerprint density at radius 2 is 1.91 bits per heavy atom. The van der Waals surface area contributed by atoms with Gasteiger partial charge in [-0.1, -0.05) is 30.3 Å². The minimum atomic E-state index is -5.08. The Balaban J connectivity index is 0.000000344. The molecule has 2 aromatic heterocycles. The number of nitrogens with two attached hydrogens (primary N) is 1. The third kappa shape index (κ3) is 5.04. The minimum absolute atomic E-state index is 0.471. The van der Waals surface area contributed by atoms with E-state index in [1.54, 1.807) is 0 Å². The number of halogens is 3.